The third-order valence-electron chi connectivity index (χ3n) is 4.03. The van der Waals surface area contributed by atoms with E-state index >= 15 is 0 Å². The van der Waals surface area contributed by atoms with Gasteiger partial charge in [-0.05, 0) is 31.4 Å². The summed E-state index contributed by atoms with van der Waals surface area (Å²) in [7, 11) is 0. The highest BCUT2D eigenvalue weighted by Gasteiger charge is 2.22. The van der Waals surface area contributed by atoms with Gasteiger partial charge in [-0.3, -0.25) is 9.59 Å². The van der Waals surface area contributed by atoms with Crippen molar-refractivity contribution in [1.29, 1.82) is 0 Å². The maximum atomic E-state index is 12.3. The molecule has 0 spiro atoms. The lowest BCUT2D eigenvalue weighted by Gasteiger charge is -2.19. The largest absolute Gasteiger partial charge is 0.445 e. The summed E-state index contributed by atoms with van der Waals surface area (Å²) in [6.45, 7) is 3.09. The summed E-state index contributed by atoms with van der Waals surface area (Å²) in [5, 5.41) is 5.16. The van der Waals surface area contributed by atoms with Crippen LogP contribution in [0.15, 0.2) is 60.7 Å². The summed E-state index contributed by atoms with van der Waals surface area (Å²) >= 11 is 0. The van der Waals surface area contributed by atoms with Crippen molar-refractivity contribution < 1.29 is 19.1 Å². The zero-order valence-corrected chi connectivity index (χ0v) is 15.5. The van der Waals surface area contributed by atoms with E-state index < -0.39 is 24.1 Å². The van der Waals surface area contributed by atoms with Crippen LogP contribution in [0.1, 0.15) is 25.0 Å². The fourth-order valence-electron chi connectivity index (χ4n) is 2.45. The number of hydrogen-bond donors (Lipinski definition) is 2. The van der Waals surface area contributed by atoms with Crippen LogP contribution in [-0.4, -0.2) is 29.9 Å². The van der Waals surface area contributed by atoms with Gasteiger partial charge in [-0.25, -0.2) is 4.79 Å². The molecule has 0 bridgehead atoms. The molecule has 0 aliphatic heterocycles. The monoisotopic (exact) mass is 368 g/mol. The van der Waals surface area contributed by atoms with Crippen LogP contribution in [0.2, 0.25) is 0 Å². The van der Waals surface area contributed by atoms with Crippen LogP contribution >= 0.6 is 0 Å². The molecule has 0 aliphatic carbocycles. The third-order valence-corrected chi connectivity index (χ3v) is 4.03. The first-order chi connectivity index (χ1) is 13.0. The van der Waals surface area contributed by atoms with Crippen molar-refractivity contribution in [3.05, 3.63) is 71.8 Å². The average molecular weight is 368 g/mol. The van der Waals surface area contributed by atoms with Gasteiger partial charge in [0.2, 0.25) is 5.91 Å². The van der Waals surface area contributed by atoms with Gasteiger partial charge in [0, 0.05) is 0 Å². The van der Waals surface area contributed by atoms with Crippen LogP contribution in [-0.2, 0) is 27.4 Å². The molecule has 0 saturated carbocycles. The summed E-state index contributed by atoms with van der Waals surface area (Å²) in [5.41, 5.74) is 1.80. The third kappa shape index (κ3) is 6.93. The molecule has 0 fully saturated rings. The Kier molecular flexibility index (Phi) is 7.55. The van der Waals surface area contributed by atoms with Crippen LogP contribution in [0, 0.1) is 0 Å². The second kappa shape index (κ2) is 10.1. The van der Waals surface area contributed by atoms with Gasteiger partial charge >= 0.3 is 6.09 Å². The van der Waals surface area contributed by atoms with Crippen LogP contribution in [0.25, 0.3) is 0 Å². The van der Waals surface area contributed by atoms with Crippen molar-refractivity contribution in [2.45, 2.75) is 39.0 Å². The minimum absolute atomic E-state index is 0.116. The Morgan fingerprint density at radius 1 is 0.889 bits per heavy atom. The van der Waals surface area contributed by atoms with Crippen LogP contribution in [0.3, 0.4) is 0 Å². The van der Waals surface area contributed by atoms with E-state index in [0.717, 1.165) is 11.1 Å². The summed E-state index contributed by atoms with van der Waals surface area (Å²) in [5.74, 6) is -0.589. The Labute approximate surface area is 158 Å². The second-order valence-corrected chi connectivity index (χ2v) is 6.29. The Hall–Kier alpha value is -3.15. The number of amides is 2. The Morgan fingerprint density at radius 2 is 1.44 bits per heavy atom. The molecule has 0 heterocycles. The number of ketones is 1. The predicted octanol–water partition coefficient (Wildman–Crippen LogP) is 2.62. The molecule has 6 nitrogen and oxygen atoms in total. The van der Waals surface area contributed by atoms with E-state index in [1.54, 1.807) is 6.92 Å². The summed E-state index contributed by atoms with van der Waals surface area (Å²) in [6, 6.07) is 17.2. The molecule has 2 rings (SSSR count). The molecule has 27 heavy (non-hydrogen) atoms. The molecule has 2 aromatic carbocycles. The number of rotatable bonds is 8. The molecule has 6 heteroatoms. The van der Waals surface area contributed by atoms with E-state index in [1.807, 2.05) is 60.7 Å². The molecule has 0 aromatic heterocycles. The van der Waals surface area contributed by atoms with Gasteiger partial charge in [0.15, 0.2) is 5.78 Å². The first kappa shape index (κ1) is 20.2. The van der Waals surface area contributed by atoms with Gasteiger partial charge in [0.25, 0.3) is 0 Å². The molecule has 0 aliphatic rings. The SMILES string of the molecule is CC(=O)[C@H](Cc1ccccc1)NC(=O)[C@H](C)NC(=O)OCc1ccccc1. The fourth-order valence-corrected chi connectivity index (χ4v) is 2.45. The van der Waals surface area contributed by atoms with Crippen LogP contribution in [0.5, 0.6) is 0 Å². The van der Waals surface area contributed by atoms with E-state index in [0.29, 0.717) is 6.42 Å². The number of nitrogens with one attached hydrogen (secondary N) is 2. The zero-order valence-electron chi connectivity index (χ0n) is 15.5. The molecule has 0 saturated heterocycles. The van der Waals surface area contributed by atoms with E-state index in [2.05, 4.69) is 10.6 Å². The van der Waals surface area contributed by atoms with Crippen LogP contribution < -0.4 is 10.6 Å². The molecular weight excluding hydrogens is 344 g/mol. The lowest BCUT2D eigenvalue weighted by Crippen LogP contribution is -2.50. The van der Waals surface area contributed by atoms with E-state index in [1.165, 1.54) is 6.92 Å². The van der Waals surface area contributed by atoms with Gasteiger partial charge in [-0.1, -0.05) is 60.7 Å². The number of carbonyl (C=O) groups excluding carboxylic acids is 3. The molecule has 0 unspecified atom stereocenters. The van der Waals surface area contributed by atoms with Crippen molar-refractivity contribution in [2.75, 3.05) is 0 Å². The fraction of sp³-hybridized carbons (Fsp3) is 0.286. The topological polar surface area (TPSA) is 84.5 Å². The molecule has 2 N–H and O–H groups in total. The van der Waals surface area contributed by atoms with Gasteiger partial charge < -0.3 is 15.4 Å². The van der Waals surface area contributed by atoms with Crippen molar-refractivity contribution in [3.8, 4) is 0 Å². The normalized spacial score (nSPS) is 12.5. The predicted molar refractivity (Wildman–Crippen MR) is 102 cm³/mol. The van der Waals surface area contributed by atoms with E-state index in [4.69, 9.17) is 4.74 Å². The highest BCUT2D eigenvalue weighted by atomic mass is 16.5. The van der Waals surface area contributed by atoms with Gasteiger partial charge in [0.1, 0.15) is 12.6 Å². The van der Waals surface area contributed by atoms with Gasteiger partial charge in [0.05, 0.1) is 6.04 Å². The highest BCUT2D eigenvalue weighted by molar-refractivity contribution is 5.91. The van der Waals surface area contributed by atoms with E-state index in [-0.39, 0.29) is 12.4 Å². The highest BCUT2D eigenvalue weighted by Crippen LogP contribution is 2.05. The van der Waals surface area contributed by atoms with Crippen molar-refractivity contribution in [3.63, 3.8) is 0 Å². The number of Topliss-reactive ketones (excluding diaryl/α,β-unsaturated/α-hetero) is 1. The van der Waals surface area contributed by atoms with Gasteiger partial charge in [-0.15, -0.1) is 0 Å². The Morgan fingerprint density at radius 3 is 2.00 bits per heavy atom. The minimum Gasteiger partial charge on any atom is -0.445 e. The summed E-state index contributed by atoms with van der Waals surface area (Å²) in [6.07, 6.45) is -0.295. The average Bonchev–Trinajstić information content (AvgIpc) is 2.67. The zero-order chi connectivity index (χ0) is 19.6. The summed E-state index contributed by atoms with van der Waals surface area (Å²) in [4.78, 5) is 36.0. The number of carbonyl (C=O) groups is 3. The molecular formula is C21H24N2O4. The molecule has 142 valence electrons. The van der Waals surface area contributed by atoms with Gasteiger partial charge in [-0.2, -0.15) is 0 Å². The molecule has 0 radical (unpaired) electrons. The van der Waals surface area contributed by atoms with E-state index in [9.17, 15) is 14.4 Å². The molecule has 2 atom stereocenters. The van der Waals surface area contributed by atoms with Crippen LogP contribution in [0.4, 0.5) is 4.79 Å². The maximum Gasteiger partial charge on any atom is 0.408 e. The summed E-state index contributed by atoms with van der Waals surface area (Å²) < 4.78 is 5.10. The molecule has 2 aromatic rings. The number of alkyl carbamates (subject to hydrolysis) is 1. The first-order valence-electron chi connectivity index (χ1n) is 8.77. The smallest absolute Gasteiger partial charge is 0.408 e. The van der Waals surface area contributed by atoms with Crippen molar-refractivity contribution >= 4 is 17.8 Å². The number of ether oxygens (including phenoxy) is 1. The maximum absolute atomic E-state index is 12.3. The minimum atomic E-state index is -0.828. The standard InChI is InChI=1S/C21H24N2O4/c1-15(22-21(26)27-14-18-11-7-4-8-12-18)20(25)23-19(16(2)24)13-17-9-5-3-6-10-17/h3-12,15,19H,13-14H2,1-2H3,(H,22,26)(H,23,25)/t15-,19-/m0/s1. The first-order valence-corrected chi connectivity index (χ1v) is 8.77. The Balaban J connectivity index is 1.83. The number of hydrogen-bond acceptors (Lipinski definition) is 4. The lowest BCUT2D eigenvalue weighted by molar-refractivity contribution is -0.127. The molecule has 2 amide bonds. The van der Waals surface area contributed by atoms with Crippen molar-refractivity contribution in [2.24, 2.45) is 0 Å². The van der Waals surface area contributed by atoms with Crippen molar-refractivity contribution in [1.82, 2.24) is 10.6 Å². The quantitative estimate of drug-likeness (QED) is 0.750. The number of benzene rings is 2. The Bertz CT molecular complexity index is 762. The lowest BCUT2D eigenvalue weighted by atomic mass is 10.0. The second-order valence-electron chi connectivity index (χ2n) is 6.29.